The van der Waals surface area contributed by atoms with Gasteiger partial charge in [0.05, 0.1) is 10.4 Å². The molecule has 4 nitrogen and oxygen atoms in total. The van der Waals surface area contributed by atoms with E-state index in [4.69, 9.17) is 11.0 Å². The molecule has 0 aliphatic carbocycles. The van der Waals surface area contributed by atoms with E-state index in [0.29, 0.717) is 23.7 Å². The Morgan fingerprint density at radius 3 is 2.67 bits per heavy atom. The topological polar surface area (TPSA) is 65.9 Å². The zero-order valence-corrected chi connectivity index (χ0v) is 17.0. The summed E-state index contributed by atoms with van der Waals surface area (Å²) in [6.45, 7) is 0.467. The minimum atomic E-state index is -0.584. The van der Waals surface area contributed by atoms with Crippen LogP contribution >= 0.6 is 11.5 Å². The van der Waals surface area contributed by atoms with Gasteiger partial charge in [0.15, 0.2) is 0 Å². The highest BCUT2D eigenvalue weighted by atomic mass is 32.1. The molecule has 2 aliphatic heterocycles. The first kappa shape index (κ1) is 19.3. The molecule has 2 fully saturated rings. The molecule has 2 aromatic carbocycles. The molecule has 3 aromatic rings. The summed E-state index contributed by atoms with van der Waals surface area (Å²) >= 11 is 1.29. The van der Waals surface area contributed by atoms with Crippen molar-refractivity contribution in [1.29, 1.82) is 5.26 Å². The van der Waals surface area contributed by atoms with Crippen molar-refractivity contribution in [2.75, 3.05) is 0 Å². The van der Waals surface area contributed by atoms with Crippen molar-refractivity contribution < 1.29 is 8.78 Å². The molecule has 0 unspecified atom stereocenters. The molecule has 30 heavy (non-hydrogen) atoms. The van der Waals surface area contributed by atoms with Crippen LogP contribution in [0.15, 0.2) is 42.6 Å². The number of nitrogens with two attached hydrogens (primary N) is 1. The summed E-state index contributed by atoms with van der Waals surface area (Å²) in [6, 6.07) is 12.1. The Labute approximate surface area is 177 Å². The van der Waals surface area contributed by atoms with Gasteiger partial charge in [0.25, 0.3) is 0 Å². The summed E-state index contributed by atoms with van der Waals surface area (Å²) < 4.78 is 33.7. The van der Waals surface area contributed by atoms with Crippen LogP contribution in [0.25, 0.3) is 21.6 Å². The van der Waals surface area contributed by atoms with E-state index in [9.17, 15) is 4.39 Å². The Kier molecular flexibility index (Phi) is 4.86. The predicted molar refractivity (Wildman–Crippen MR) is 113 cm³/mol. The summed E-state index contributed by atoms with van der Waals surface area (Å²) in [7, 11) is 0. The maximum absolute atomic E-state index is 15.2. The second-order valence-electron chi connectivity index (χ2n) is 8.00. The highest BCUT2D eigenvalue weighted by Gasteiger charge is 2.44. The van der Waals surface area contributed by atoms with Crippen molar-refractivity contribution in [2.24, 2.45) is 5.73 Å². The molecule has 0 amide bonds. The van der Waals surface area contributed by atoms with E-state index < -0.39 is 5.82 Å². The van der Waals surface area contributed by atoms with Gasteiger partial charge in [-0.1, -0.05) is 12.1 Å². The smallest absolute Gasteiger partial charge is 0.141 e. The molecule has 2 N–H and O–H groups in total. The van der Waals surface area contributed by atoms with Crippen molar-refractivity contribution in [2.45, 2.75) is 43.9 Å². The first-order chi connectivity index (χ1) is 14.6. The first-order valence-corrected chi connectivity index (χ1v) is 10.8. The molecule has 0 saturated carbocycles. The third-order valence-electron chi connectivity index (χ3n) is 6.41. The second kappa shape index (κ2) is 7.55. The fourth-order valence-electron chi connectivity index (χ4n) is 5.00. The summed E-state index contributed by atoms with van der Waals surface area (Å²) in [6.07, 6.45) is 4.77. The zero-order valence-electron chi connectivity index (χ0n) is 16.2. The Balaban J connectivity index is 1.65. The quantitative estimate of drug-likeness (QED) is 0.662. The van der Waals surface area contributed by atoms with Gasteiger partial charge < -0.3 is 5.73 Å². The summed E-state index contributed by atoms with van der Waals surface area (Å²) in [5.41, 5.74) is 8.94. The number of hydrogen-bond acceptors (Lipinski definition) is 5. The fraction of sp³-hybridized carbons (Fsp3) is 0.304. The van der Waals surface area contributed by atoms with E-state index in [2.05, 4.69) is 9.27 Å². The number of fused-ring (bicyclic) bond motifs is 2. The minimum Gasteiger partial charge on any atom is -0.326 e. The fourth-order valence-corrected chi connectivity index (χ4v) is 5.68. The van der Waals surface area contributed by atoms with Crippen molar-refractivity contribution in [1.82, 2.24) is 9.27 Å². The maximum Gasteiger partial charge on any atom is 0.141 e. The van der Waals surface area contributed by atoms with Crippen LogP contribution in [0, 0.1) is 23.0 Å². The molecule has 5 rings (SSSR count). The van der Waals surface area contributed by atoms with Gasteiger partial charge in [0.2, 0.25) is 0 Å². The predicted octanol–water partition coefficient (Wildman–Crippen LogP) is 4.69. The molecule has 2 bridgehead atoms. The SMILES string of the molecule is N#Cc1ccc(-c2ccc(F)c(CN3[C@@H]4CC[C@H]3[C@@H](N)C4)c2-c2ccns2)cc1F. The number of benzene rings is 2. The molecule has 2 aliphatic rings. The lowest BCUT2D eigenvalue weighted by molar-refractivity contribution is 0.236. The zero-order chi connectivity index (χ0) is 20.8. The van der Waals surface area contributed by atoms with Crippen molar-refractivity contribution in [3.05, 3.63) is 65.4 Å². The van der Waals surface area contributed by atoms with Gasteiger partial charge in [-0.15, -0.1) is 0 Å². The number of nitriles is 1. The Bertz CT molecular complexity index is 1140. The monoisotopic (exact) mass is 422 g/mol. The Morgan fingerprint density at radius 2 is 2.03 bits per heavy atom. The standard InChI is InChI=1S/C23H20F2N4S/c24-18-5-4-16(13-1-2-14(11-26)19(25)9-13)23(22-7-8-28-30-22)17(18)12-29-15-3-6-21(29)20(27)10-15/h1-2,4-5,7-9,15,20-21H,3,6,10,12,27H2/t15-,20+,21+/m1/s1. The van der Waals surface area contributed by atoms with Crippen molar-refractivity contribution in [3.8, 4) is 27.6 Å². The molecule has 152 valence electrons. The van der Waals surface area contributed by atoms with Crippen LogP contribution in [0.1, 0.15) is 30.4 Å². The van der Waals surface area contributed by atoms with Gasteiger partial charge in [0, 0.05) is 42.0 Å². The van der Waals surface area contributed by atoms with Gasteiger partial charge in [-0.3, -0.25) is 4.90 Å². The largest absolute Gasteiger partial charge is 0.326 e. The van der Waals surface area contributed by atoms with E-state index >= 15 is 4.39 Å². The summed E-state index contributed by atoms with van der Waals surface area (Å²) in [5, 5.41) is 9.04. The van der Waals surface area contributed by atoms with Crippen LogP contribution < -0.4 is 5.73 Å². The summed E-state index contributed by atoms with van der Waals surface area (Å²) in [4.78, 5) is 3.16. The number of rotatable bonds is 4. The van der Waals surface area contributed by atoms with Crippen LogP contribution in [0.3, 0.4) is 0 Å². The van der Waals surface area contributed by atoms with Crippen LogP contribution in [-0.4, -0.2) is 27.4 Å². The summed E-state index contributed by atoms with van der Waals surface area (Å²) in [5.74, 6) is -0.865. The van der Waals surface area contributed by atoms with Gasteiger partial charge in [-0.05, 0) is 66.2 Å². The lowest BCUT2D eigenvalue weighted by Gasteiger charge is -2.25. The molecule has 2 saturated heterocycles. The molecular formula is C23H20F2N4S. The van der Waals surface area contributed by atoms with Crippen LogP contribution in [-0.2, 0) is 6.54 Å². The van der Waals surface area contributed by atoms with Crippen LogP contribution in [0.5, 0.6) is 0 Å². The normalized spacial score (nSPS) is 23.1. The molecule has 7 heteroatoms. The second-order valence-corrected chi connectivity index (χ2v) is 8.84. The van der Waals surface area contributed by atoms with E-state index in [-0.39, 0.29) is 23.5 Å². The average molecular weight is 423 g/mol. The molecular weight excluding hydrogens is 402 g/mol. The van der Waals surface area contributed by atoms with E-state index in [1.807, 2.05) is 12.1 Å². The molecule has 0 spiro atoms. The highest BCUT2D eigenvalue weighted by Crippen LogP contribution is 2.43. The van der Waals surface area contributed by atoms with Gasteiger partial charge in [-0.2, -0.15) is 5.26 Å². The number of aromatic nitrogens is 1. The lowest BCUT2D eigenvalue weighted by atomic mass is 9.92. The maximum atomic E-state index is 15.2. The molecule has 1 aromatic heterocycles. The van der Waals surface area contributed by atoms with Crippen LogP contribution in [0.2, 0.25) is 0 Å². The highest BCUT2D eigenvalue weighted by molar-refractivity contribution is 7.09. The average Bonchev–Trinajstić information content (AvgIpc) is 3.46. The first-order valence-electron chi connectivity index (χ1n) is 10.0. The Morgan fingerprint density at radius 1 is 1.17 bits per heavy atom. The third kappa shape index (κ3) is 3.12. The molecule has 0 radical (unpaired) electrons. The van der Waals surface area contributed by atoms with E-state index in [0.717, 1.165) is 35.3 Å². The number of nitrogens with zero attached hydrogens (tertiary/aromatic N) is 3. The minimum absolute atomic E-state index is 0.0111. The van der Waals surface area contributed by atoms with Gasteiger partial charge in [0.1, 0.15) is 17.7 Å². The van der Waals surface area contributed by atoms with Gasteiger partial charge in [-0.25, -0.2) is 13.2 Å². The van der Waals surface area contributed by atoms with Gasteiger partial charge >= 0.3 is 0 Å². The third-order valence-corrected chi connectivity index (χ3v) is 7.17. The van der Waals surface area contributed by atoms with Crippen molar-refractivity contribution >= 4 is 11.5 Å². The molecule has 3 heterocycles. The number of hydrogen-bond donors (Lipinski definition) is 1. The Hall–Kier alpha value is -2.66. The van der Waals surface area contributed by atoms with Crippen molar-refractivity contribution in [3.63, 3.8) is 0 Å². The lowest BCUT2D eigenvalue weighted by Crippen LogP contribution is -2.36. The molecule has 3 atom stereocenters. The number of halogens is 2. The van der Waals surface area contributed by atoms with E-state index in [1.165, 1.54) is 29.7 Å². The van der Waals surface area contributed by atoms with Crippen LogP contribution in [0.4, 0.5) is 8.78 Å². The van der Waals surface area contributed by atoms with E-state index in [1.54, 1.807) is 18.3 Å².